The second-order valence-electron chi connectivity index (χ2n) is 5.74. The molecule has 0 unspecified atom stereocenters. The molecule has 2 atom stereocenters. The molecular weight excluding hydrogens is 326 g/mol. The molecule has 0 aromatic heterocycles. The topological polar surface area (TPSA) is 75.3 Å². The Balaban J connectivity index is 2.43. The Bertz CT molecular complexity index is 650. The predicted molar refractivity (Wildman–Crippen MR) is 85.1 cm³/mol. The lowest BCUT2D eigenvalue weighted by molar-refractivity contribution is 0.237. The van der Waals surface area contributed by atoms with Crippen LogP contribution in [-0.4, -0.2) is 39.0 Å². The zero-order valence-corrected chi connectivity index (χ0v) is 14.2. The maximum atomic E-state index is 13.6. The molecule has 1 aromatic carbocycles. The van der Waals surface area contributed by atoms with Crippen LogP contribution in [0.5, 0.6) is 0 Å². The number of sulfone groups is 1. The summed E-state index contributed by atoms with van der Waals surface area (Å²) >= 11 is 0. The van der Waals surface area contributed by atoms with E-state index in [1.807, 2.05) is 0 Å². The summed E-state index contributed by atoms with van der Waals surface area (Å²) < 4.78 is 48.6. The number of hydrogen-bond acceptors (Lipinski definition) is 3. The Morgan fingerprint density at radius 3 is 2.48 bits per heavy atom. The van der Waals surface area contributed by atoms with Crippen molar-refractivity contribution in [3.8, 4) is 0 Å². The molecule has 1 aromatic rings. The number of carbonyl (C=O) groups excluding carboxylic acids is 1. The summed E-state index contributed by atoms with van der Waals surface area (Å²) in [5.41, 5.74) is 0.317. The minimum Gasteiger partial charge on any atom is -0.338 e. The van der Waals surface area contributed by atoms with E-state index in [2.05, 4.69) is 10.6 Å². The Hall–Kier alpha value is -1.70. The number of benzene rings is 1. The Morgan fingerprint density at radius 2 is 1.91 bits per heavy atom. The third kappa shape index (κ3) is 7.40. The summed E-state index contributed by atoms with van der Waals surface area (Å²) in [7, 11) is -3.07. The van der Waals surface area contributed by atoms with Gasteiger partial charge in [-0.25, -0.2) is 22.0 Å². The molecule has 0 aliphatic rings. The molecule has 0 saturated carbocycles. The second-order valence-corrected chi connectivity index (χ2v) is 8.00. The largest absolute Gasteiger partial charge is 0.338 e. The third-order valence-electron chi connectivity index (χ3n) is 3.36. The van der Waals surface area contributed by atoms with Gasteiger partial charge in [-0.15, -0.1) is 0 Å². The van der Waals surface area contributed by atoms with Crippen LogP contribution in [0.4, 0.5) is 13.6 Å². The summed E-state index contributed by atoms with van der Waals surface area (Å²) in [6, 6.07) is 2.56. The number of carbonyl (C=O) groups is 1. The van der Waals surface area contributed by atoms with Crippen molar-refractivity contribution < 1.29 is 22.0 Å². The van der Waals surface area contributed by atoms with Gasteiger partial charge in [-0.2, -0.15) is 0 Å². The normalized spacial score (nSPS) is 14.1. The van der Waals surface area contributed by atoms with Gasteiger partial charge in [0.1, 0.15) is 21.5 Å². The molecule has 0 bridgehead atoms. The minimum atomic E-state index is -3.07. The van der Waals surface area contributed by atoms with E-state index >= 15 is 0 Å². The Kier molecular flexibility index (Phi) is 6.93. The van der Waals surface area contributed by atoms with Crippen molar-refractivity contribution in [2.75, 3.05) is 18.6 Å². The second kappa shape index (κ2) is 8.24. The minimum absolute atomic E-state index is 0.00829. The van der Waals surface area contributed by atoms with Crippen molar-refractivity contribution >= 4 is 15.9 Å². The van der Waals surface area contributed by atoms with Gasteiger partial charge in [0.15, 0.2) is 0 Å². The number of amides is 2. The van der Waals surface area contributed by atoms with Crippen LogP contribution in [0.15, 0.2) is 18.2 Å². The Labute approximate surface area is 135 Å². The van der Waals surface area contributed by atoms with Crippen LogP contribution in [0.1, 0.15) is 31.7 Å². The van der Waals surface area contributed by atoms with Crippen LogP contribution in [0.2, 0.25) is 0 Å². The van der Waals surface area contributed by atoms with Crippen LogP contribution in [-0.2, 0) is 9.84 Å². The van der Waals surface area contributed by atoms with E-state index in [1.54, 1.807) is 13.8 Å². The lowest BCUT2D eigenvalue weighted by atomic mass is 10.0. The maximum absolute atomic E-state index is 13.6. The van der Waals surface area contributed by atoms with E-state index in [0.717, 1.165) is 12.3 Å². The summed E-state index contributed by atoms with van der Waals surface area (Å²) in [5, 5.41) is 5.21. The van der Waals surface area contributed by atoms with Crippen molar-refractivity contribution in [3.05, 3.63) is 35.4 Å². The predicted octanol–water partition coefficient (Wildman–Crippen LogP) is 2.19. The monoisotopic (exact) mass is 348 g/mol. The molecule has 0 heterocycles. The first-order valence-corrected chi connectivity index (χ1v) is 9.31. The highest BCUT2D eigenvalue weighted by molar-refractivity contribution is 7.90. The molecule has 5 nitrogen and oxygen atoms in total. The van der Waals surface area contributed by atoms with Gasteiger partial charge in [-0.05, 0) is 25.0 Å². The van der Waals surface area contributed by atoms with Gasteiger partial charge in [0.25, 0.3) is 0 Å². The van der Waals surface area contributed by atoms with E-state index in [0.29, 0.717) is 12.0 Å². The van der Waals surface area contributed by atoms with Gasteiger partial charge >= 0.3 is 6.03 Å². The van der Waals surface area contributed by atoms with Crippen LogP contribution in [0, 0.1) is 11.6 Å². The average Bonchev–Trinajstić information content (AvgIpc) is 2.42. The fourth-order valence-electron chi connectivity index (χ4n) is 1.99. The lowest BCUT2D eigenvalue weighted by Crippen LogP contribution is -2.42. The van der Waals surface area contributed by atoms with Gasteiger partial charge in [0, 0.05) is 30.8 Å². The summed E-state index contributed by atoms with van der Waals surface area (Å²) in [6.45, 7) is 3.59. The van der Waals surface area contributed by atoms with Gasteiger partial charge < -0.3 is 10.6 Å². The van der Waals surface area contributed by atoms with E-state index in [4.69, 9.17) is 0 Å². The molecule has 0 aliphatic heterocycles. The molecule has 2 N–H and O–H groups in total. The highest BCUT2D eigenvalue weighted by Gasteiger charge is 2.14. The van der Waals surface area contributed by atoms with Gasteiger partial charge in [-0.3, -0.25) is 0 Å². The first-order valence-electron chi connectivity index (χ1n) is 7.25. The van der Waals surface area contributed by atoms with E-state index in [1.165, 1.54) is 12.1 Å². The number of nitrogens with one attached hydrogen (secondary N) is 2. The van der Waals surface area contributed by atoms with Crippen molar-refractivity contribution in [1.29, 1.82) is 0 Å². The van der Waals surface area contributed by atoms with E-state index in [9.17, 15) is 22.0 Å². The lowest BCUT2D eigenvalue weighted by Gasteiger charge is -2.17. The number of rotatable bonds is 7. The highest BCUT2D eigenvalue weighted by atomic mass is 32.2. The zero-order valence-electron chi connectivity index (χ0n) is 13.4. The fourth-order valence-corrected chi connectivity index (χ4v) is 2.78. The molecule has 0 fully saturated rings. The summed E-state index contributed by atoms with van der Waals surface area (Å²) in [4.78, 5) is 11.7. The van der Waals surface area contributed by atoms with Crippen LogP contribution in [0.25, 0.3) is 0 Å². The highest BCUT2D eigenvalue weighted by Crippen LogP contribution is 2.19. The average molecular weight is 348 g/mol. The van der Waals surface area contributed by atoms with Crippen molar-refractivity contribution in [3.63, 3.8) is 0 Å². The fraction of sp³-hybridized carbons (Fsp3) is 0.533. The molecule has 0 spiro atoms. The molecule has 23 heavy (non-hydrogen) atoms. The van der Waals surface area contributed by atoms with Crippen molar-refractivity contribution in [2.45, 2.75) is 32.2 Å². The quantitative estimate of drug-likeness (QED) is 0.793. The van der Waals surface area contributed by atoms with E-state index in [-0.39, 0.29) is 24.3 Å². The smallest absolute Gasteiger partial charge is 0.315 e. The van der Waals surface area contributed by atoms with Crippen molar-refractivity contribution in [1.82, 2.24) is 10.6 Å². The van der Waals surface area contributed by atoms with Crippen LogP contribution in [0.3, 0.4) is 0 Å². The summed E-state index contributed by atoms with van der Waals surface area (Å²) in [6.07, 6.45) is 1.45. The van der Waals surface area contributed by atoms with Crippen molar-refractivity contribution in [2.24, 2.45) is 0 Å². The molecule has 0 saturated heterocycles. The van der Waals surface area contributed by atoms with E-state index < -0.39 is 27.5 Å². The number of halogens is 2. The molecular formula is C15H22F2N2O3S. The van der Waals surface area contributed by atoms with Crippen LogP contribution < -0.4 is 10.6 Å². The Morgan fingerprint density at radius 1 is 1.26 bits per heavy atom. The first-order chi connectivity index (χ1) is 10.6. The SMILES string of the molecule is C[C@H](CNC(=O)N[C@@H](C)CCS(C)(=O)=O)c1ccc(F)cc1F. The van der Waals surface area contributed by atoms with Gasteiger partial charge in [0.05, 0.1) is 5.75 Å². The molecule has 2 amide bonds. The molecule has 0 radical (unpaired) electrons. The number of urea groups is 1. The van der Waals surface area contributed by atoms with Gasteiger partial charge in [-0.1, -0.05) is 13.0 Å². The number of hydrogen-bond donors (Lipinski definition) is 2. The molecule has 0 aliphatic carbocycles. The zero-order chi connectivity index (χ0) is 17.6. The molecule has 8 heteroatoms. The van der Waals surface area contributed by atoms with Crippen LogP contribution >= 0.6 is 0 Å². The van der Waals surface area contributed by atoms with Gasteiger partial charge in [0.2, 0.25) is 0 Å². The molecule has 130 valence electrons. The standard InChI is InChI=1S/C15H22F2N2O3S/c1-10(13-5-4-12(16)8-14(13)17)9-18-15(20)19-11(2)6-7-23(3,21)22/h4-5,8,10-11H,6-7,9H2,1-3H3,(H2,18,19,20)/t10-,11+/m1/s1. The first kappa shape index (κ1) is 19.3. The molecule has 1 rings (SSSR count). The maximum Gasteiger partial charge on any atom is 0.315 e. The third-order valence-corrected chi connectivity index (χ3v) is 4.34. The summed E-state index contributed by atoms with van der Waals surface area (Å²) in [5.74, 6) is -1.64.